The van der Waals surface area contributed by atoms with E-state index in [0.29, 0.717) is 6.04 Å². The van der Waals surface area contributed by atoms with E-state index in [9.17, 15) is 4.79 Å². The monoisotopic (exact) mass is 232 g/mol. The Morgan fingerprint density at radius 1 is 1.41 bits per heavy atom. The molecule has 92 valence electrons. The number of carbonyl (C=O) groups is 1. The molecule has 1 aromatic rings. The fourth-order valence-electron chi connectivity index (χ4n) is 2.39. The molecule has 1 aliphatic rings. The Bertz CT molecular complexity index is 377. The summed E-state index contributed by atoms with van der Waals surface area (Å²) in [5.74, 6) is 0.195. The van der Waals surface area contributed by atoms with E-state index in [2.05, 4.69) is 36.2 Å². The Hall–Kier alpha value is -1.35. The minimum atomic E-state index is 0.195. The largest absolute Gasteiger partial charge is 0.341 e. The summed E-state index contributed by atoms with van der Waals surface area (Å²) in [6.07, 6.45) is 1.09. The van der Waals surface area contributed by atoms with Crippen molar-refractivity contribution in [2.75, 3.05) is 20.1 Å². The van der Waals surface area contributed by atoms with Crippen molar-refractivity contribution in [3.63, 3.8) is 0 Å². The van der Waals surface area contributed by atoms with Crippen LogP contribution < -0.4 is 0 Å². The molecule has 1 unspecified atom stereocenters. The molecule has 0 aliphatic carbocycles. The van der Waals surface area contributed by atoms with Crippen LogP contribution >= 0.6 is 0 Å². The van der Waals surface area contributed by atoms with Crippen molar-refractivity contribution in [1.82, 2.24) is 9.80 Å². The van der Waals surface area contributed by atoms with Crippen LogP contribution in [0.4, 0.5) is 0 Å². The summed E-state index contributed by atoms with van der Waals surface area (Å²) in [6, 6.07) is 11.0. The lowest BCUT2D eigenvalue weighted by Gasteiger charge is -2.24. The molecule has 1 amide bonds. The van der Waals surface area contributed by atoms with Crippen LogP contribution in [0.15, 0.2) is 30.3 Å². The summed E-state index contributed by atoms with van der Waals surface area (Å²) < 4.78 is 0. The average Bonchev–Trinajstić information content (AvgIpc) is 2.79. The second kappa shape index (κ2) is 5.32. The van der Waals surface area contributed by atoms with Crippen molar-refractivity contribution in [3.05, 3.63) is 35.9 Å². The number of hydrogen-bond acceptors (Lipinski definition) is 2. The first-order valence-electron chi connectivity index (χ1n) is 6.16. The van der Waals surface area contributed by atoms with Gasteiger partial charge in [-0.15, -0.1) is 0 Å². The molecule has 0 bridgehead atoms. The van der Waals surface area contributed by atoms with Gasteiger partial charge in [-0.05, 0) is 19.0 Å². The van der Waals surface area contributed by atoms with E-state index in [-0.39, 0.29) is 5.91 Å². The summed E-state index contributed by atoms with van der Waals surface area (Å²) in [5, 5.41) is 0. The Kier molecular flexibility index (Phi) is 3.79. The first-order chi connectivity index (χ1) is 8.16. The van der Waals surface area contributed by atoms with Crippen molar-refractivity contribution >= 4 is 5.91 Å². The zero-order chi connectivity index (χ0) is 12.3. The summed E-state index contributed by atoms with van der Waals surface area (Å²) in [4.78, 5) is 15.6. The molecule has 0 saturated carbocycles. The lowest BCUT2D eigenvalue weighted by molar-refractivity contribution is -0.127. The first-order valence-corrected chi connectivity index (χ1v) is 6.16. The van der Waals surface area contributed by atoms with Gasteiger partial charge in [-0.3, -0.25) is 9.69 Å². The van der Waals surface area contributed by atoms with Crippen molar-refractivity contribution in [2.45, 2.75) is 25.9 Å². The highest BCUT2D eigenvalue weighted by Crippen LogP contribution is 2.16. The van der Waals surface area contributed by atoms with Gasteiger partial charge >= 0.3 is 0 Å². The molecular formula is C14H20N2O. The van der Waals surface area contributed by atoms with Gasteiger partial charge < -0.3 is 4.90 Å². The zero-order valence-electron chi connectivity index (χ0n) is 10.6. The van der Waals surface area contributed by atoms with Crippen LogP contribution in [-0.2, 0) is 11.3 Å². The Balaban J connectivity index is 1.89. The molecule has 3 heteroatoms. The third-order valence-corrected chi connectivity index (χ3v) is 3.51. The molecule has 0 N–H and O–H groups in total. The molecule has 3 nitrogen and oxygen atoms in total. The molecule has 0 spiro atoms. The van der Waals surface area contributed by atoms with Crippen LogP contribution in [0, 0.1) is 0 Å². The number of hydrogen-bond donors (Lipinski definition) is 0. The zero-order valence-corrected chi connectivity index (χ0v) is 10.6. The van der Waals surface area contributed by atoms with Crippen LogP contribution in [0.2, 0.25) is 0 Å². The molecule has 1 fully saturated rings. The molecule has 0 aromatic heterocycles. The number of likely N-dealkylation sites (N-methyl/N-ethyl adjacent to an activating group) is 1. The number of benzene rings is 1. The highest BCUT2D eigenvalue weighted by Gasteiger charge is 2.26. The highest BCUT2D eigenvalue weighted by molar-refractivity contribution is 5.73. The minimum absolute atomic E-state index is 0.195. The van der Waals surface area contributed by atoms with Crippen molar-refractivity contribution in [1.29, 1.82) is 0 Å². The van der Waals surface area contributed by atoms with Crippen LogP contribution in [0.3, 0.4) is 0 Å². The van der Waals surface area contributed by atoms with Gasteiger partial charge in [0, 0.05) is 32.6 Å². The summed E-state index contributed by atoms with van der Waals surface area (Å²) in [6.45, 7) is 4.38. The van der Waals surface area contributed by atoms with E-state index in [0.717, 1.165) is 26.1 Å². The summed E-state index contributed by atoms with van der Waals surface area (Å²) in [5.41, 5.74) is 1.33. The van der Waals surface area contributed by atoms with E-state index in [1.54, 1.807) is 6.92 Å². The normalized spacial score (nSPS) is 19.9. The maximum absolute atomic E-state index is 11.3. The fourth-order valence-corrected chi connectivity index (χ4v) is 2.39. The van der Waals surface area contributed by atoms with Crippen molar-refractivity contribution in [3.8, 4) is 0 Å². The molecule has 1 heterocycles. The minimum Gasteiger partial charge on any atom is -0.341 e. The number of nitrogens with zero attached hydrogens (tertiary/aromatic N) is 2. The summed E-state index contributed by atoms with van der Waals surface area (Å²) in [7, 11) is 2.14. The van der Waals surface area contributed by atoms with Gasteiger partial charge in [0.25, 0.3) is 0 Å². The first kappa shape index (κ1) is 12.1. The Morgan fingerprint density at radius 2 is 2.12 bits per heavy atom. The lowest BCUT2D eigenvalue weighted by atomic mass is 10.1. The third-order valence-electron chi connectivity index (χ3n) is 3.51. The van der Waals surface area contributed by atoms with Gasteiger partial charge in [0.1, 0.15) is 0 Å². The maximum Gasteiger partial charge on any atom is 0.219 e. The molecule has 1 saturated heterocycles. The van der Waals surface area contributed by atoms with Gasteiger partial charge in [-0.2, -0.15) is 0 Å². The molecule has 1 atom stereocenters. The SMILES string of the molecule is CC(=O)N1CCC(N(C)Cc2ccccc2)C1. The van der Waals surface area contributed by atoms with E-state index in [1.165, 1.54) is 5.56 Å². The van der Waals surface area contributed by atoms with Crippen LogP contribution in [0.1, 0.15) is 18.9 Å². The molecule has 1 aliphatic heterocycles. The van der Waals surface area contributed by atoms with Gasteiger partial charge in [0.2, 0.25) is 5.91 Å². The number of rotatable bonds is 3. The third kappa shape index (κ3) is 3.07. The van der Waals surface area contributed by atoms with E-state index in [4.69, 9.17) is 0 Å². The topological polar surface area (TPSA) is 23.6 Å². The molecule has 0 radical (unpaired) electrons. The fraction of sp³-hybridized carbons (Fsp3) is 0.500. The van der Waals surface area contributed by atoms with Crippen LogP contribution in [0.25, 0.3) is 0 Å². The van der Waals surface area contributed by atoms with E-state index >= 15 is 0 Å². The summed E-state index contributed by atoms with van der Waals surface area (Å²) >= 11 is 0. The number of carbonyl (C=O) groups excluding carboxylic acids is 1. The van der Waals surface area contributed by atoms with Crippen LogP contribution in [-0.4, -0.2) is 41.9 Å². The predicted octanol–water partition coefficient (Wildman–Crippen LogP) is 1.74. The van der Waals surface area contributed by atoms with Crippen molar-refractivity contribution in [2.24, 2.45) is 0 Å². The average molecular weight is 232 g/mol. The van der Waals surface area contributed by atoms with E-state index < -0.39 is 0 Å². The maximum atomic E-state index is 11.3. The van der Waals surface area contributed by atoms with Crippen LogP contribution in [0.5, 0.6) is 0 Å². The quantitative estimate of drug-likeness (QED) is 0.792. The second-order valence-corrected chi connectivity index (χ2v) is 4.81. The van der Waals surface area contributed by atoms with Gasteiger partial charge in [0.15, 0.2) is 0 Å². The Morgan fingerprint density at radius 3 is 2.71 bits per heavy atom. The Labute approximate surface area is 103 Å². The highest BCUT2D eigenvalue weighted by atomic mass is 16.2. The smallest absolute Gasteiger partial charge is 0.219 e. The van der Waals surface area contributed by atoms with Gasteiger partial charge in [0.05, 0.1) is 0 Å². The molecular weight excluding hydrogens is 212 g/mol. The lowest BCUT2D eigenvalue weighted by Crippen LogP contribution is -2.35. The predicted molar refractivity (Wildman–Crippen MR) is 68.6 cm³/mol. The van der Waals surface area contributed by atoms with E-state index in [1.807, 2.05) is 11.0 Å². The molecule has 2 rings (SSSR count). The number of amides is 1. The van der Waals surface area contributed by atoms with Gasteiger partial charge in [-0.25, -0.2) is 0 Å². The molecule has 1 aromatic carbocycles. The number of likely N-dealkylation sites (tertiary alicyclic amines) is 1. The second-order valence-electron chi connectivity index (χ2n) is 4.81. The van der Waals surface area contributed by atoms with Crippen molar-refractivity contribution < 1.29 is 4.79 Å². The standard InChI is InChI=1S/C14H20N2O/c1-12(17)16-9-8-14(11-16)15(2)10-13-6-4-3-5-7-13/h3-7,14H,8-11H2,1-2H3. The van der Waals surface area contributed by atoms with Gasteiger partial charge in [-0.1, -0.05) is 30.3 Å². The molecule has 17 heavy (non-hydrogen) atoms.